The first-order valence-corrected chi connectivity index (χ1v) is 30.7. The third-order valence-corrected chi connectivity index (χ3v) is 12.6. The highest BCUT2D eigenvalue weighted by Crippen LogP contribution is 2.15. The van der Waals surface area contributed by atoms with Gasteiger partial charge in [-0.1, -0.05) is 244 Å². The summed E-state index contributed by atoms with van der Waals surface area (Å²) >= 11 is 0. The van der Waals surface area contributed by atoms with Gasteiger partial charge in [0, 0.05) is 19.3 Å². The Labute approximate surface area is 462 Å². The third kappa shape index (κ3) is 60.3. The Hall–Kier alpha value is -4.45. The van der Waals surface area contributed by atoms with E-state index in [1.54, 1.807) is 0 Å². The molecule has 0 amide bonds. The lowest BCUT2D eigenvalue weighted by Crippen LogP contribution is -2.30. The molecule has 0 spiro atoms. The molecule has 0 aromatic heterocycles. The van der Waals surface area contributed by atoms with Crippen molar-refractivity contribution in [1.29, 1.82) is 0 Å². The third-order valence-electron chi connectivity index (χ3n) is 12.6. The smallest absolute Gasteiger partial charge is 0.306 e. The first kappa shape index (κ1) is 70.5. The first-order valence-electron chi connectivity index (χ1n) is 30.7. The molecule has 0 aromatic rings. The summed E-state index contributed by atoms with van der Waals surface area (Å²) in [6.07, 6.45) is 87.3. The van der Waals surface area contributed by atoms with Crippen LogP contribution in [0.3, 0.4) is 0 Å². The van der Waals surface area contributed by atoms with Gasteiger partial charge in [-0.25, -0.2) is 0 Å². The predicted molar refractivity (Wildman–Crippen MR) is 325 cm³/mol. The molecule has 6 heteroatoms. The normalized spacial score (nSPS) is 13.1. The first-order chi connectivity index (χ1) is 37.0. The molecule has 0 saturated heterocycles. The highest BCUT2D eigenvalue weighted by atomic mass is 16.6. The van der Waals surface area contributed by atoms with Gasteiger partial charge < -0.3 is 14.2 Å². The summed E-state index contributed by atoms with van der Waals surface area (Å²) < 4.78 is 16.9. The van der Waals surface area contributed by atoms with E-state index in [2.05, 4.69) is 154 Å². The van der Waals surface area contributed by atoms with Crippen molar-refractivity contribution >= 4 is 17.9 Å². The quantitative estimate of drug-likeness (QED) is 0.0261. The van der Waals surface area contributed by atoms with Crippen molar-refractivity contribution < 1.29 is 28.6 Å². The van der Waals surface area contributed by atoms with Crippen molar-refractivity contribution in [3.05, 3.63) is 134 Å². The fraction of sp³-hybridized carbons (Fsp3) is 0.638. The highest BCUT2D eigenvalue weighted by Gasteiger charge is 2.19. The maximum atomic E-state index is 12.9. The Bertz CT molecular complexity index is 1620. The van der Waals surface area contributed by atoms with Crippen molar-refractivity contribution in [1.82, 2.24) is 0 Å². The zero-order chi connectivity index (χ0) is 54.3. The lowest BCUT2D eigenvalue weighted by molar-refractivity contribution is -0.167. The van der Waals surface area contributed by atoms with Crippen molar-refractivity contribution in [2.75, 3.05) is 13.2 Å². The number of rotatable bonds is 54. The second-order valence-electron chi connectivity index (χ2n) is 19.8. The summed E-state index contributed by atoms with van der Waals surface area (Å²) in [4.78, 5) is 38.3. The van der Waals surface area contributed by atoms with E-state index in [4.69, 9.17) is 14.2 Å². The number of hydrogen-bond acceptors (Lipinski definition) is 6. The molecule has 424 valence electrons. The lowest BCUT2D eigenvalue weighted by atomic mass is 10.1. The monoisotopic (exact) mass is 1040 g/mol. The van der Waals surface area contributed by atoms with Gasteiger partial charge in [0.2, 0.25) is 0 Å². The van der Waals surface area contributed by atoms with Crippen molar-refractivity contribution in [3.8, 4) is 0 Å². The number of carbonyl (C=O) groups is 3. The van der Waals surface area contributed by atoms with Gasteiger partial charge in [0.05, 0.1) is 0 Å². The van der Waals surface area contributed by atoms with Crippen LogP contribution in [0.1, 0.15) is 265 Å². The van der Waals surface area contributed by atoms with E-state index in [1.165, 1.54) is 96.3 Å². The molecule has 0 saturated carbocycles. The molecule has 1 atom stereocenters. The molecule has 0 fully saturated rings. The number of unbranched alkanes of at least 4 members (excludes halogenated alkanes) is 21. The van der Waals surface area contributed by atoms with E-state index in [-0.39, 0.29) is 31.1 Å². The van der Waals surface area contributed by atoms with Crippen LogP contribution in [0.25, 0.3) is 0 Å². The predicted octanol–water partition coefficient (Wildman–Crippen LogP) is 21.0. The van der Waals surface area contributed by atoms with E-state index >= 15 is 0 Å². The van der Waals surface area contributed by atoms with Gasteiger partial charge in [-0.2, -0.15) is 0 Å². The maximum absolute atomic E-state index is 12.9. The van der Waals surface area contributed by atoms with Crippen LogP contribution < -0.4 is 0 Å². The van der Waals surface area contributed by atoms with Crippen molar-refractivity contribution in [3.63, 3.8) is 0 Å². The molecule has 0 radical (unpaired) electrons. The largest absolute Gasteiger partial charge is 0.462 e. The van der Waals surface area contributed by atoms with Gasteiger partial charge in [0.25, 0.3) is 0 Å². The summed E-state index contributed by atoms with van der Waals surface area (Å²) in [6, 6.07) is 0. The molecule has 0 aliphatic heterocycles. The van der Waals surface area contributed by atoms with E-state index < -0.39 is 6.10 Å². The van der Waals surface area contributed by atoms with E-state index in [1.807, 2.05) is 0 Å². The summed E-state index contributed by atoms with van der Waals surface area (Å²) in [5, 5.41) is 0. The van der Waals surface area contributed by atoms with Crippen LogP contribution in [0.2, 0.25) is 0 Å². The minimum absolute atomic E-state index is 0.103. The lowest BCUT2D eigenvalue weighted by Gasteiger charge is -2.18. The van der Waals surface area contributed by atoms with Gasteiger partial charge in [-0.15, -0.1) is 0 Å². The highest BCUT2D eigenvalue weighted by molar-refractivity contribution is 5.71. The molecule has 0 rings (SSSR count). The van der Waals surface area contributed by atoms with Crippen LogP contribution >= 0.6 is 0 Å². The molecular formula is C69H112O6. The fourth-order valence-corrected chi connectivity index (χ4v) is 8.08. The summed E-state index contributed by atoms with van der Waals surface area (Å²) in [6.45, 7) is 6.34. The zero-order valence-electron chi connectivity index (χ0n) is 48.5. The topological polar surface area (TPSA) is 78.9 Å². The minimum Gasteiger partial charge on any atom is -0.462 e. The molecule has 1 unspecified atom stereocenters. The minimum atomic E-state index is -0.808. The van der Waals surface area contributed by atoms with E-state index in [0.717, 1.165) is 128 Å². The molecule has 0 bridgehead atoms. The second kappa shape index (κ2) is 62.1. The zero-order valence-corrected chi connectivity index (χ0v) is 48.5. The molecule has 75 heavy (non-hydrogen) atoms. The van der Waals surface area contributed by atoms with Crippen LogP contribution in [-0.2, 0) is 28.6 Å². The molecular weight excluding hydrogens is 925 g/mol. The standard InChI is InChI=1S/C69H112O6/c1-4-7-10-13-16-19-22-25-28-30-32-33-34-35-37-38-41-44-47-50-53-56-59-62-68(71)74-65-66(64-73-67(70)61-58-55-52-49-46-43-40-27-24-21-18-15-12-9-6-3)75-69(72)63-60-57-54-51-48-45-42-39-36-31-29-26-23-20-17-14-11-8-5-2/h7,9-10,12,16-21,25-29,32-33,35,37,40,46,49,66H,4-6,8,11,13-15,22-24,30-31,34,36,38-39,41-45,47-48,50-65H2,1-3H3/b10-7-,12-9-,19-16-,20-17-,21-18-,28-25-,29-26-,33-32-,37-35-,40-27-,49-46-. The van der Waals surface area contributed by atoms with E-state index in [9.17, 15) is 14.4 Å². The number of esters is 3. The average Bonchev–Trinajstić information content (AvgIpc) is 3.41. The SMILES string of the molecule is CC/C=C\C/C=C\C/C=C\C/C=C\C/C=C\CCCCCCCCCC(=O)OCC(COC(=O)CCCC/C=C\C/C=C\C/C=C\C/C=C\CC)OC(=O)CCCCCCCCCCC/C=C\C/C=C\CCCCC. The summed E-state index contributed by atoms with van der Waals surface area (Å²) in [5.41, 5.74) is 0. The van der Waals surface area contributed by atoms with Gasteiger partial charge in [0.1, 0.15) is 13.2 Å². The Kier molecular flexibility index (Phi) is 58.4. The van der Waals surface area contributed by atoms with Crippen LogP contribution in [0.5, 0.6) is 0 Å². The molecule has 6 nitrogen and oxygen atoms in total. The second-order valence-corrected chi connectivity index (χ2v) is 19.8. The fourth-order valence-electron chi connectivity index (χ4n) is 8.08. The molecule has 0 aromatic carbocycles. The van der Waals surface area contributed by atoms with Crippen molar-refractivity contribution in [2.45, 2.75) is 271 Å². The van der Waals surface area contributed by atoms with Gasteiger partial charge in [-0.3, -0.25) is 14.4 Å². The molecule has 0 heterocycles. The average molecular weight is 1040 g/mol. The number of ether oxygens (including phenoxy) is 3. The molecule has 0 N–H and O–H groups in total. The number of carbonyl (C=O) groups excluding carboxylic acids is 3. The molecule has 0 aliphatic carbocycles. The van der Waals surface area contributed by atoms with Crippen LogP contribution in [-0.4, -0.2) is 37.2 Å². The summed E-state index contributed by atoms with van der Waals surface area (Å²) in [7, 11) is 0. The van der Waals surface area contributed by atoms with E-state index in [0.29, 0.717) is 19.3 Å². The Morgan fingerprint density at radius 3 is 0.840 bits per heavy atom. The number of hydrogen-bond donors (Lipinski definition) is 0. The van der Waals surface area contributed by atoms with Crippen LogP contribution in [0, 0.1) is 0 Å². The number of allylic oxidation sites excluding steroid dienone is 22. The summed E-state index contributed by atoms with van der Waals surface area (Å²) in [5.74, 6) is -0.960. The van der Waals surface area contributed by atoms with Gasteiger partial charge in [0.15, 0.2) is 6.10 Å². The molecule has 0 aliphatic rings. The maximum Gasteiger partial charge on any atom is 0.306 e. The Morgan fingerprint density at radius 1 is 0.280 bits per heavy atom. The van der Waals surface area contributed by atoms with Crippen molar-refractivity contribution in [2.24, 2.45) is 0 Å². The Morgan fingerprint density at radius 2 is 0.520 bits per heavy atom. The van der Waals surface area contributed by atoms with Gasteiger partial charge in [-0.05, 0) is 135 Å². The van der Waals surface area contributed by atoms with Crippen LogP contribution in [0.15, 0.2) is 134 Å². The Balaban J connectivity index is 4.46. The van der Waals surface area contributed by atoms with Crippen LogP contribution in [0.4, 0.5) is 0 Å². The van der Waals surface area contributed by atoms with Gasteiger partial charge >= 0.3 is 17.9 Å².